The first kappa shape index (κ1) is 36.8. The van der Waals surface area contributed by atoms with Gasteiger partial charge in [0.15, 0.2) is 6.61 Å². The third-order valence-corrected chi connectivity index (χ3v) is 6.32. The fourth-order valence-corrected chi connectivity index (χ4v) is 3.86. The molecule has 0 aliphatic carbocycles. The van der Waals surface area contributed by atoms with E-state index in [0.29, 0.717) is 12.3 Å². The molecule has 0 unspecified atom stereocenters. The highest BCUT2D eigenvalue weighted by molar-refractivity contribution is 5.70. The first-order valence-corrected chi connectivity index (χ1v) is 15.0. The van der Waals surface area contributed by atoms with Crippen molar-refractivity contribution in [1.29, 1.82) is 0 Å². The Hall–Kier alpha value is -3.19. The average Bonchev–Trinajstić information content (AvgIpc) is 2.96. The number of esters is 1. The SMILES string of the molecule is C=C(/C=C\C(=C/C)OCC(=O)OC)CN(Cc1ccc(C#CC)cc1)C(=C)CCCCC.CCCCCCCC. The van der Waals surface area contributed by atoms with Crippen LogP contribution in [0.3, 0.4) is 0 Å². The van der Waals surface area contributed by atoms with Crippen molar-refractivity contribution in [2.45, 2.75) is 105 Å². The minimum absolute atomic E-state index is 0.119. The summed E-state index contributed by atoms with van der Waals surface area (Å²) in [6.45, 7) is 20.3. The van der Waals surface area contributed by atoms with E-state index in [4.69, 9.17) is 4.74 Å². The highest BCUT2D eigenvalue weighted by Gasteiger charge is 2.10. The second-order valence-electron chi connectivity index (χ2n) is 9.91. The van der Waals surface area contributed by atoms with E-state index in [9.17, 15) is 4.79 Å². The number of hydrogen-bond acceptors (Lipinski definition) is 4. The molecule has 0 aliphatic rings. The van der Waals surface area contributed by atoms with E-state index in [1.165, 1.54) is 64.0 Å². The van der Waals surface area contributed by atoms with Gasteiger partial charge in [0, 0.05) is 24.4 Å². The molecule has 0 amide bonds. The lowest BCUT2D eigenvalue weighted by atomic mass is 10.1. The van der Waals surface area contributed by atoms with Gasteiger partial charge in [0.1, 0.15) is 5.76 Å². The molecule has 1 rings (SSSR count). The standard InChI is InChI=1S/C28H37NO3.C8H18/c1-7-10-11-13-24(5)29(21-26-17-15-25(12-8-2)16-18-26)20-23(4)14-19-27(9-3)32-22-28(30)31-6;1-3-5-7-8-6-4-2/h9,14-19H,4-5,7,10-11,13,20-22H2,1-3,6H3;3-8H2,1-2H3/b19-14-,27-9+;. The summed E-state index contributed by atoms with van der Waals surface area (Å²) < 4.78 is 10.1. The summed E-state index contributed by atoms with van der Waals surface area (Å²) in [5.41, 5.74) is 4.26. The first-order chi connectivity index (χ1) is 19.3. The van der Waals surface area contributed by atoms with Gasteiger partial charge >= 0.3 is 5.97 Å². The predicted octanol–water partition coefficient (Wildman–Crippen LogP) is 9.53. The lowest BCUT2D eigenvalue weighted by molar-refractivity contribution is -0.144. The molecule has 0 aromatic heterocycles. The Labute approximate surface area is 246 Å². The van der Waals surface area contributed by atoms with Gasteiger partial charge in [-0.3, -0.25) is 0 Å². The summed E-state index contributed by atoms with van der Waals surface area (Å²) >= 11 is 0. The molecule has 0 bridgehead atoms. The first-order valence-electron chi connectivity index (χ1n) is 15.0. The third-order valence-electron chi connectivity index (χ3n) is 6.32. The average molecular weight is 550 g/mol. The smallest absolute Gasteiger partial charge is 0.343 e. The molecule has 0 spiro atoms. The molecular weight excluding hydrogens is 494 g/mol. The van der Waals surface area contributed by atoms with E-state index in [1.807, 2.05) is 26.0 Å². The fourth-order valence-electron chi connectivity index (χ4n) is 3.86. The third kappa shape index (κ3) is 19.0. The fraction of sp³-hybridized carbons (Fsp3) is 0.528. The van der Waals surface area contributed by atoms with Gasteiger partial charge in [0.25, 0.3) is 0 Å². The van der Waals surface area contributed by atoms with Gasteiger partial charge in [-0.15, -0.1) is 5.92 Å². The topological polar surface area (TPSA) is 38.8 Å². The number of benzene rings is 1. The van der Waals surface area contributed by atoms with Gasteiger partial charge in [-0.1, -0.05) is 109 Å². The minimum Gasteiger partial charge on any atom is -0.482 e. The van der Waals surface area contributed by atoms with Gasteiger partial charge in [-0.25, -0.2) is 4.79 Å². The molecule has 0 N–H and O–H groups in total. The van der Waals surface area contributed by atoms with Crippen LogP contribution in [0.25, 0.3) is 0 Å². The second kappa shape index (κ2) is 24.8. The van der Waals surface area contributed by atoms with Crippen LogP contribution >= 0.6 is 0 Å². The van der Waals surface area contributed by atoms with Crippen LogP contribution in [-0.4, -0.2) is 31.1 Å². The van der Waals surface area contributed by atoms with Crippen LogP contribution in [0.4, 0.5) is 0 Å². The molecule has 0 fully saturated rings. The van der Waals surface area contributed by atoms with Crippen molar-refractivity contribution in [1.82, 2.24) is 4.90 Å². The summed E-state index contributed by atoms with van der Waals surface area (Å²) in [7, 11) is 1.34. The van der Waals surface area contributed by atoms with Crippen molar-refractivity contribution >= 4 is 5.97 Å². The molecule has 4 heteroatoms. The van der Waals surface area contributed by atoms with Crippen LogP contribution in [0.15, 0.2) is 72.7 Å². The summed E-state index contributed by atoms with van der Waals surface area (Å²) in [4.78, 5) is 13.6. The molecule has 0 atom stereocenters. The lowest BCUT2D eigenvalue weighted by Crippen LogP contribution is -2.24. The highest BCUT2D eigenvalue weighted by atomic mass is 16.6. The maximum atomic E-state index is 11.3. The van der Waals surface area contributed by atoms with Crippen molar-refractivity contribution in [2.24, 2.45) is 0 Å². The molecule has 222 valence electrons. The van der Waals surface area contributed by atoms with Crippen molar-refractivity contribution in [3.8, 4) is 11.8 Å². The highest BCUT2D eigenvalue weighted by Crippen LogP contribution is 2.18. The largest absolute Gasteiger partial charge is 0.482 e. The molecule has 4 nitrogen and oxygen atoms in total. The van der Waals surface area contributed by atoms with Crippen LogP contribution in [0.5, 0.6) is 0 Å². The zero-order chi connectivity index (χ0) is 30.0. The Morgan fingerprint density at radius 3 is 2.05 bits per heavy atom. The van der Waals surface area contributed by atoms with Gasteiger partial charge in [0.2, 0.25) is 0 Å². The summed E-state index contributed by atoms with van der Waals surface area (Å²) in [6, 6.07) is 8.33. The number of rotatable bonds is 19. The molecule has 0 saturated carbocycles. The Balaban J connectivity index is 0.00000165. The predicted molar refractivity (Wildman–Crippen MR) is 172 cm³/mol. The zero-order valence-electron chi connectivity index (χ0n) is 26.3. The van der Waals surface area contributed by atoms with Crippen LogP contribution in [0.1, 0.15) is 110 Å². The number of nitrogens with zero attached hydrogens (tertiary/aromatic N) is 1. The van der Waals surface area contributed by atoms with Crippen LogP contribution in [0, 0.1) is 11.8 Å². The maximum absolute atomic E-state index is 11.3. The van der Waals surface area contributed by atoms with Gasteiger partial charge in [-0.05, 0) is 62.1 Å². The van der Waals surface area contributed by atoms with E-state index < -0.39 is 5.97 Å². The Bertz CT molecular complexity index is 954. The van der Waals surface area contributed by atoms with Crippen LogP contribution in [-0.2, 0) is 20.8 Å². The molecule has 0 saturated heterocycles. The summed E-state index contributed by atoms with van der Waals surface area (Å²) in [5.74, 6) is 6.19. The molecule has 0 aliphatic heterocycles. The van der Waals surface area contributed by atoms with Crippen molar-refractivity contribution in [3.63, 3.8) is 0 Å². The Morgan fingerprint density at radius 2 is 1.52 bits per heavy atom. The van der Waals surface area contributed by atoms with Crippen molar-refractivity contribution in [3.05, 3.63) is 83.8 Å². The van der Waals surface area contributed by atoms with Crippen molar-refractivity contribution < 1.29 is 14.3 Å². The number of unbranched alkanes of at least 4 members (excludes halogenated alkanes) is 7. The van der Waals surface area contributed by atoms with E-state index in [0.717, 1.165) is 36.2 Å². The Kier molecular flexibility index (Phi) is 22.8. The van der Waals surface area contributed by atoms with Crippen LogP contribution < -0.4 is 0 Å². The molecule has 0 heterocycles. The normalized spacial score (nSPS) is 10.7. The second-order valence-corrected chi connectivity index (χ2v) is 9.91. The van der Waals surface area contributed by atoms with Gasteiger partial charge < -0.3 is 14.4 Å². The number of carbonyl (C=O) groups excluding carboxylic acids is 1. The van der Waals surface area contributed by atoms with Gasteiger partial charge in [-0.2, -0.15) is 0 Å². The summed E-state index contributed by atoms with van der Waals surface area (Å²) in [6.07, 6.45) is 18.5. The lowest BCUT2D eigenvalue weighted by Gasteiger charge is -2.27. The van der Waals surface area contributed by atoms with Gasteiger partial charge in [0.05, 0.1) is 7.11 Å². The molecule has 1 aromatic rings. The van der Waals surface area contributed by atoms with E-state index in [2.05, 4.69) is 79.7 Å². The molecular formula is C36H55NO3. The number of hydrogen-bond donors (Lipinski definition) is 0. The number of carbonyl (C=O) groups is 1. The van der Waals surface area contributed by atoms with E-state index in [-0.39, 0.29) is 6.61 Å². The molecule has 1 aromatic carbocycles. The quantitative estimate of drug-likeness (QED) is 0.0566. The number of ether oxygens (including phenoxy) is 2. The minimum atomic E-state index is -0.415. The molecule has 40 heavy (non-hydrogen) atoms. The molecule has 0 radical (unpaired) electrons. The van der Waals surface area contributed by atoms with E-state index >= 15 is 0 Å². The monoisotopic (exact) mass is 549 g/mol. The van der Waals surface area contributed by atoms with Crippen molar-refractivity contribution in [2.75, 3.05) is 20.3 Å². The summed E-state index contributed by atoms with van der Waals surface area (Å²) in [5, 5.41) is 0. The van der Waals surface area contributed by atoms with E-state index in [1.54, 1.807) is 6.08 Å². The Morgan fingerprint density at radius 1 is 0.925 bits per heavy atom. The number of methoxy groups -OCH3 is 1. The number of allylic oxidation sites excluding steroid dienone is 3. The maximum Gasteiger partial charge on any atom is 0.343 e. The zero-order valence-corrected chi connectivity index (χ0v) is 26.3. The van der Waals surface area contributed by atoms with Crippen LogP contribution in [0.2, 0.25) is 0 Å².